The molecular formula is C9H11ClN4O. The second-order valence-corrected chi connectivity index (χ2v) is 3.71. The predicted octanol–water partition coefficient (Wildman–Crippen LogP) is 0.319. The number of hydrogen-bond acceptors (Lipinski definition) is 4. The van der Waals surface area contributed by atoms with E-state index in [1.165, 1.54) is 0 Å². The van der Waals surface area contributed by atoms with Crippen LogP contribution in [0.5, 0.6) is 0 Å². The molecule has 0 bridgehead atoms. The summed E-state index contributed by atoms with van der Waals surface area (Å²) in [4.78, 5) is 15.9. The van der Waals surface area contributed by atoms with E-state index in [1.54, 1.807) is 30.3 Å². The summed E-state index contributed by atoms with van der Waals surface area (Å²) in [6.07, 6.45) is 2.92. The van der Waals surface area contributed by atoms with Crippen LogP contribution in [0.3, 0.4) is 0 Å². The van der Waals surface area contributed by atoms with Gasteiger partial charge in [-0.3, -0.25) is 10.6 Å². The fourth-order valence-electron chi connectivity index (χ4n) is 1.66. The molecule has 1 atom stereocenters. The van der Waals surface area contributed by atoms with Gasteiger partial charge in [0.15, 0.2) is 0 Å². The van der Waals surface area contributed by atoms with E-state index in [9.17, 15) is 4.79 Å². The molecular weight excluding hydrogens is 216 g/mol. The molecule has 5 nitrogen and oxygen atoms in total. The Balaban J connectivity index is 2.67. The standard InChI is InChI=1S/C9H11ClN4O/c1-14-6(10)4-5-2-3-12-9(15)7(5)8(14)13-11/h2-4,8,13H,11H2,1H3,(H,12,15). The largest absolute Gasteiger partial charge is 0.345 e. The number of aromatic amines is 1. The zero-order valence-electron chi connectivity index (χ0n) is 8.12. The quantitative estimate of drug-likeness (QED) is 0.366. The summed E-state index contributed by atoms with van der Waals surface area (Å²) in [5.41, 5.74) is 3.76. The van der Waals surface area contributed by atoms with Crippen LogP contribution in [-0.2, 0) is 0 Å². The lowest BCUT2D eigenvalue weighted by Crippen LogP contribution is -2.43. The summed E-state index contributed by atoms with van der Waals surface area (Å²) >= 11 is 6.00. The summed E-state index contributed by atoms with van der Waals surface area (Å²) in [5.74, 6) is 5.41. The zero-order valence-corrected chi connectivity index (χ0v) is 8.88. The lowest BCUT2D eigenvalue weighted by atomic mass is 10.0. The minimum atomic E-state index is -0.401. The lowest BCUT2D eigenvalue weighted by molar-refractivity contribution is 0.271. The lowest BCUT2D eigenvalue weighted by Gasteiger charge is -2.32. The number of hydrazine groups is 1. The molecule has 0 aromatic carbocycles. The van der Waals surface area contributed by atoms with Crippen molar-refractivity contribution in [2.75, 3.05) is 7.05 Å². The fraction of sp³-hybridized carbons (Fsp3) is 0.222. The third kappa shape index (κ3) is 1.54. The van der Waals surface area contributed by atoms with Crippen molar-refractivity contribution in [2.45, 2.75) is 6.17 Å². The highest BCUT2D eigenvalue weighted by atomic mass is 35.5. The van der Waals surface area contributed by atoms with Crippen LogP contribution in [-0.4, -0.2) is 16.9 Å². The number of fused-ring (bicyclic) bond motifs is 1. The third-order valence-electron chi connectivity index (χ3n) is 2.46. The maximum atomic E-state index is 11.6. The molecule has 0 saturated carbocycles. The first-order valence-corrected chi connectivity index (χ1v) is 4.80. The summed E-state index contributed by atoms with van der Waals surface area (Å²) in [5, 5.41) is 0.538. The van der Waals surface area contributed by atoms with Crippen molar-refractivity contribution in [3.05, 3.63) is 38.9 Å². The van der Waals surface area contributed by atoms with E-state index >= 15 is 0 Å². The number of aromatic nitrogens is 1. The van der Waals surface area contributed by atoms with E-state index in [1.807, 2.05) is 0 Å². The number of nitrogens with zero attached hydrogens (tertiary/aromatic N) is 1. The first-order valence-electron chi connectivity index (χ1n) is 4.43. The van der Waals surface area contributed by atoms with Gasteiger partial charge in [-0.2, -0.15) is 0 Å². The van der Waals surface area contributed by atoms with Gasteiger partial charge in [-0.1, -0.05) is 11.6 Å². The van der Waals surface area contributed by atoms with Crippen LogP contribution in [0, 0.1) is 0 Å². The number of H-pyrrole nitrogens is 1. The van der Waals surface area contributed by atoms with E-state index < -0.39 is 6.17 Å². The SMILES string of the molecule is CN1C(Cl)=Cc2cc[nH]c(=O)c2C1NN. The zero-order chi connectivity index (χ0) is 11.0. The van der Waals surface area contributed by atoms with Gasteiger partial charge in [-0.15, -0.1) is 0 Å². The van der Waals surface area contributed by atoms with Crippen molar-refractivity contribution in [1.29, 1.82) is 0 Å². The number of pyridine rings is 1. The number of halogens is 1. The minimum Gasteiger partial charge on any atom is -0.345 e. The van der Waals surface area contributed by atoms with Crippen LogP contribution < -0.4 is 16.8 Å². The van der Waals surface area contributed by atoms with Gasteiger partial charge in [-0.25, -0.2) is 5.43 Å². The monoisotopic (exact) mass is 226 g/mol. The van der Waals surface area contributed by atoms with Gasteiger partial charge in [0.25, 0.3) is 5.56 Å². The minimum absolute atomic E-state index is 0.164. The molecule has 6 heteroatoms. The van der Waals surface area contributed by atoms with Crippen LogP contribution in [0.4, 0.5) is 0 Å². The van der Waals surface area contributed by atoms with Crippen molar-refractivity contribution >= 4 is 17.7 Å². The smallest absolute Gasteiger partial charge is 0.255 e. The molecule has 15 heavy (non-hydrogen) atoms. The molecule has 1 aromatic rings. The normalized spacial score (nSPS) is 19.8. The number of rotatable bonds is 1. The van der Waals surface area contributed by atoms with Crippen molar-refractivity contribution in [2.24, 2.45) is 5.84 Å². The number of nitrogens with one attached hydrogen (secondary N) is 2. The van der Waals surface area contributed by atoms with Crippen LogP contribution >= 0.6 is 11.6 Å². The van der Waals surface area contributed by atoms with Crippen LogP contribution in [0.25, 0.3) is 6.08 Å². The van der Waals surface area contributed by atoms with Gasteiger partial charge >= 0.3 is 0 Å². The molecule has 0 radical (unpaired) electrons. The van der Waals surface area contributed by atoms with Gasteiger partial charge in [-0.05, 0) is 17.7 Å². The first kappa shape index (κ1) is 10.2. The topological polar surface area (TPSA) is 74.2 Å². The molecule has 0 saturated heterocycles. The summed E-state index contributed by atoms with van der Waals surface area (Å²) in [6.45, 7) is 0. The number of nitrogens with two attached hydrogens (primary N) is 1. The van der Waals surface area contributed by atoms with Crippen LogP contribution in [0.1, 0.15) is 17.3 Å². The number of hydrogen-bond donors (Lipinski definition) is 3. The molecule has 1 aliphatic rings. The molecule has 0 spiro atoms. The van der Waals surface area contributed by atoms with Crippen LogP contribution in [0.2, 0.25) is 0 Å². The Morgan fingerprint density at radius 2 is 2.40 bits per heavy atom. The molecule has 2 heterocycles. The second-order valence-electron chi connectivity index (χ2n) is 3.32. The Kier molecular flexibility index (Phi) is 2.52. The third-order valence-corrected chi connectivity index (χ3v) is 2.84. The van der Waals surface area contributed by atoms with Gasteiger partial charge < -0.3 is 9.88 Å². The molecule has 2 rings (SSSR count). The van der Waals surface area contributed by atoms with Crippen molar-refractivity contribution in [1.82, 2.24) is 15.3 Å². The molecule has 0 amide bonds. The highest BCUT2D eigenvalue weighted by Gasteiger charge is 2.26. The Morgan fingerprint density at radius 1 is 1.67 bits per heavy atom. The first-order chi connectivity index (χ1) is 7.15. The van der Waals surface area contributed by atoms with E-state index in [4.69, 9.17) is 17.4 Å². The van der Waals surface area contributed by atoms with Gasteiger partial charge in [0.05, 0.1) is 5.56 Å². The average molecular weight is 227 g/mol. The van der Waals surface area contributed by atoms with E-state index in [-0.39, 0.29) is 5.56 Å². The summed E-state index contributed by atoms with van der Waals surface area (Å²) in [7, 11) is 1.76. The average Bonchev–Trinajstić information content (AvgIpc) is 2.21. The highest BCUT2D eigenvalue weighted by Crippen LogP contribution is 2.29. The predicted molar refractivity (Wildman–Crippen MR) is 58.7 cm³/mol. The molecule has 1 aromatic heterocycles. The fourth-order valence-corrected chi connectivity index (χ4v) is 1.87. The maximum absolute atomic E-state index is 11.6. The Bertz CT molecular complexity index is 467. The van der Waals surface area contributed by atoms with Gasteiger partial charge in [0.2, 0.25) is 0 Å². The summed E-state index contributed by atoms with van der Waals surface area (Å²) in [6, 6.07) is 1.79. The van der Waals surface area contributed by atoms with E-state index in [2.05, 4.69) is 10.4 Å². The molecule has 1 aliphatic heterocycles. The van der Waals surface area contributed by atoms with Crippen molar-refractivity contribution < 1.29 is 0 Å². The summed E-state index contributed by atoms with van der Waals surface area (Å²) < 4.78 is 0. The van der Waals surface area contributed by atoms with E-state index in [0.29, 0.717) is 10.7 Å². The second kappa shape index (κ2) is 3.69. The van der Waals surface area contributed by atoms with E-state index in [0.717, 1.165) is 5.56 Å². The molecule has 0 aliphatic carbocycles. The van der Waals surface area contributed by atoms with Crippen molar-refractivity contribution in [3.63, 3.8) is 0 Å². The Hall–Kier alpha value is -1.30. The Morgan fingerprint density at radius 3 is 3.07 bits per heavy atom. The molecule has 80 valence electrons. The van der Waals surface area contributed by atoms with Crippen molar-refractivity contribution in [3.8, 4) is 0 Å². The maximum Gasteiger partial charge on any atom is 0.255 e. The molecule has 1 unspecified atom stereocenters. The molecule has 0 fully saturated rings. The van der Waals surface area contributed by atoms with Gasteiger partial charge in [0, 0.05) is 13.2 Å². The molecule has 4 N–H and O–H groups in total. The van der Waals surface area contributed by atoms with Crippen LogP contribution in [0.15, 0.2) is 22.2 Å². The van der Waals surface area contributed by atoms with Gasteiger partial charge in [0.1, 0.15) is 11.3 Å². The Labute approximate surface area is 91.5 Å². The highest BCUT2D eigenvalue weighted by molar-refractivity contribution is 6.31.